The first kappa shape index (κ1) is 11.6. The largest absolute Gasteiger partial charge is 0.103 e. The zero-order valence-corrected chi connectivity index (χ0v) is 10.1. The summed E-state index contributed by atoms with van der Waals surface area (Å²) in [5, 5.41) is 0. The number of hydrogen-bond donors (Lipinski definition) is 0. The van der Waals surface area contributed by atoms with Gasteiger partial charge >= 0.3 is 0 Å². The maximum atomic E-state index is 3.94. The zero-order chi connectivity index (χ0) is 10.8. The van der Waals surface area contributed by atoms with Gasteiger partial charge in [0.15, 0.2) is 0 Å². The maximum absolute atomic E-state index is 3.94. The van der Waals surface area contributed by atoms with E-state index in [9.17, 15) is 0 Å². The molecular formula is C14H24. The number of hydrogen-bond acceptors (Lipinski definition) is 0. The zero-order valence-electron chi connectivity index (χ0n) is 10.1. The van der Waals surface area contributed by atoms with Crippen LogP contribution >= 0.6 is 0 Å². The van der Waals surface area contributed by atoms with E-state index in [-0.39, 0.29) is 0 Å². The first-order valence-corrected chi connectivity index (χ1v) is 5.74. The molecule has 0 bridgehead atoms. The van der Waals surface area contributed by atoms with Gasteiger partial charge in [0, 0.05) is 0 Å². The summed E-state index contributed by atoms with van der Waals surface area (Å²) < 4.78 is 0. The molecule has 0 aromatic carbocycles. The molecule has 0 saturated heterocycles. The molecule has 1 fully saturated rings. The quantitative estimate of drug-likeness (QED) is 0.567. The van der Waals surface area contributed by atoms with Gasteiger partial charge in [0.25, 0.3) is 0 Å². The van der Waals surface area contributed by atoms with Crippen molar-refractivity contribution in [2.45, 2.75) is 40.5 Å². The van der Waals surface area contributed by atoms with Crippen LogP contribution < -0.4 is 0 Å². The standard InChI is InChI=1S/C14H24/c1-6-12-9-11(2)10-13(12)7-8-14(3,4)5/h6-8,11-13H,1,9-10H2,2-5H3. The van der Waals surface area contributed by atoms with Crippen molar-refractivity contribution in [1.82, 2.24) is 0 Å². The topological polar surface area (TPSA) is 0 Å². The van der Waals surface area contributed by atoms with Gasteiger partial charge in [0.2, 0.25) is 0 Å². The highest BCUT2D eigenvalue weighted by Crippen LogP contribution is 2.38. The molecule has 0 spiro atoms. The molecule has 0 amide bonds. The highest BCUT2D eigenvalue weighted by Gasteiger charge is 2.27. The van der Waals surface area contributed by atoms with Crippen molar-refractivity contribution in [1.29, 1.82) is 0 Å². The molecule has 1 rings (SSSR count). The lowest BCUT2D eigenvalue weighted by atomic mass is 9.90. The Kier molecular flexibility index (Phi) is 3.58. The summed E-state index contributed by atoms with van der Waals surface area (Å²) in [6, 6.07) is 0. The molecule has 14 heavy (non-hydrogen) atoms. The Morgan fingerprint density at radius 2 is 1.71 bits per heavy atom. The van der Waals surface area contributed by atoms with Crippen molar-refractivity contribution in [3.8, 4) is 0 Å². The van der Waals surface area contributed by atoms with Crippen LogP contribution in [0.3, 0.4) is 0 Å². The fraction of sp³-hybridized carbons (Fsp3) is 0.714. The molecule has 0 aromatic rings. The molecule has 1 saturated carbocycles. The van der Waals surface area contributed by atoms with E-state index in [0.29, 0.717) is 11.3 Å². The molecule has 0 aliphatic heterocycles. The molecule has 3 atom stereocenters. The normalized spacial score (nSPS) is 33.9. The Bertz CT molecular complexity index is 217. The minimum Gasteiger partial charge on any atom is -0.103 e. The molecule has 0 heterocycles. The predicted molar refractivity (Wildman–Crippen MR) is 64.2 cm³/mol. The number of allylic oxidation sites excluding steroid dienone is 3. The Hall–Kier alpha value is -0.520. The molecule has 0 N–H and O–H groups in total. The van der Waals surface area contributed by atoms with Gasteiger partial charge in [-0.15, -0.1) is 6.58 Å². The van der Waals surface area contributed by atoms with E-state index in [0.717, 1.165) is 11.8 Å². The molecule has 0 aromatic heterocycles. The Morgan fingerprint density at radius 3 is 2.21 bits per heavy atom. The van der Waals surface area contributed by atoms with Crippen molar-refractivity contribution in [2.75, 3.05) is 0 Å². The third-order valence-electron chi connectivity index (χ3n) is 3.05. The summed E-state index contributed by atoms with van der Waals surface area (Å²) in [6.07, 6.45) is 9.56. The van der Waals surface area contributed by atoms with Crippen molar-refractivity contribution < 1.29 is 0 Å². The third kappa shape index (κ3) is 3.32. The minimum atomic E-state index is 0.317. The predicted octanol–water partition coefficient (Wildman–Crippen LogP) is 4.44. The molecule has 0 nitrogen and oxygen atoms in total. The van der Waals surface area contributed by atoms with Gasteiger partial charge in [-0.25, -0.2) is 0 Å². The van der Waals surface area contributed by atoms with Gasteiger partial charge in [-0.2, -0.15) is 0 Å². The van der Waals surface area contributed by atoms with Crippen LogP contribution in [0.4, 0.5) is 0 Å². The lowest BCUT2D eigenvalue weighted by Crippen LogP contribution is -2.04. The van der Waals surface area contributed by atoms with E-state index in [4.69, 9.17) is 0 Å². The number of rotatable bonds is 2. The monoisotopic (exact) mass is 192 g/mol. The average Bonchev–Trinajstić information content (AvgIpc) is 2.41. The van der Waals surface area contributed by atoms with Crippen LogP contribution in [0.15, 0.2) is 24.8 Å². The van der Waals surface area contributed by atoms with Crippen LogP contribution in [0, 0.1) is 23.2 Å². The molecule has 1 aliphatic rings. The summed E-state index contributed by atoms with van der Waals surface area (Å²) in [5.74, 6) is 2.32. The summed E-state index contributed by atoms with van der Waals surface area (Å²) >= 11 is 0. The van der Waals surface area contributed by atoms with E-state index in [1.165, 1.54) is 12.8 Å². The molecule has 0 heteroatoms. The van der Waals surface area contributed by atoms with E-state index in [1.807, 2.05) is 0 Å². The van der Waals surface area contributed by atoms with Crippen molar-refractivity contribution in [3.63, 3.8) is 0 Å². The maximum Gasteiger partial charge on any atom is -0.0168 e. The third-order valence-corrected chi connectivity index (χ3v) is 3.05. The van der Waals surface area contributed by atoms with Crippen LogP contribution in [0.1, 0.15) is 40.5 Å². The minimum absolute atomic E-state index is 0.317. The molecular weight excluding hydrogens is 168 g/mol. The van der Waals surface area contributed by atoms with Crippen LogP contribution in [0.2, 0.25) is 0 Å². The van der Waals surface area contributed by atoms with Crippen molar-refractivity contribution >= 4 is 0 Å². The van der Waals surface area contributed by atoms with Gasteiger partial charge in [0.05, 0.1) is 0 Å². The molecule has 80 valence electrons. The highest BCUT2D eigenvalue weighted by atomic mass is 14.3. The van der Waals surface area contributed by atoms with Gasteiger partial charge in [-0.1, -0.05) is 45.9 Å². The molecule has 0 radical (unpaired) electrons. The Balaban J connectivity index is 2.60. The van der Waals surface area contributed by atoms with Crippen LogP contribution in [0.5, 0.6) is 0 Å². The van der Waals surface area contributed by atoms with Crippen molar-refractivity contribution in [2.24, 2.45) is 23.2 Å². The summed E-state index contributed by atoms with van der Waals surface area (Å²) in [7, 11) is 0. The van der Waals surface area contributed by atoms with E-state index >= 15 is 0 Å². The first-order valence-electron chi connectivity index (χ1n) is 5.74. The lowest BCUT2D eigenvalue weighted by Gasteiger charge is -2.15. The van der Waals surface area contributed by atoms with Crippen LogP contribution in [-0.2, 0) is 0 Å². The smallest absolute Gasteiger partial charge is 0.0168 e. The fourth-order valence-corrected chi connectivity index (χ4v) is 2.28. The van der Waals surface area contributed by atoms with Crippen LogP contribution in [0.25, 0.3) is 0 Å². The second kappa shape index (κ2) is 4.33. The SMILES string of the molecule is C=CC1CC(C)CC1C=CC(C)(C)C. The summed E-state index contributed by atoms with van der Waals surface area (Å²) in [6.45, 7) is 13.1. The second-order valence-electron chi connectivity index (χ2n) is 5.87. The van der Waals surface area contributed by atoms with E-state index in [1.54, 1.807) is 0 Å². The first-order chi connectivity index (χ1) is 6.42. The van der Waals surface area contributed by atoms with Crippen LogP contribution in [-0.4, -0.2) is 0 Å². The van der Waals surface area contributed by atoms with E-state index in [2.05, 4.69) is 52.5 Å². The summed E-state index contributed by atoms with van der Waals surface area (Å²) in [4.78, 5) is 0. The highest BCUT2D eigenvalue weighted by molar-refractivity contribution is 5.04. The lowest BCUT2D eigenvalue weighted by molar-refractivity contribution is 0.515. The Morgan fingerprint density at radius 1 is 1.14 bits per heavy atom. The summed E-state index contributed by atoms with van der Waals surface area (Å²) in [5.41, 5.74) is 0.317. The van der Waals surface area contributed by atoms with Gasteiger partial charge in [-0.05, 0) is 36.0 Å². The molecule has 3 unspecified atom stereocenters. The van der Waals surface area contributed by atoms with Gasteiger partial charge in [0.1, 0.15) is 0 Å². The molecule has 1 aliphatic carbocycles. The Labute approximate surface area is 89.1 Å². The van der Waals surface area contributed by atoms with E-state index < -0.39 is 0 Å². The second-order valence-corrected chi connectivity index (χ2v) is 5.87. The average molecular weight is 192 g/mol. The van der Waals surface area contributed by atoms with Gasteiger partial charge in [-0.3, -0.25) is 0 Å². The van der Waals surface area contributed by atoms with Crippen molar-refractivity contribution in [3.05, 3.63) is 24.8 Å². The van der Waals surface area contributed by atoms with Gasteiger partial charge < -0.3 is 0 Å². The fourth-order valence-electron chi connectivity index (χ4n) is 2.28.